The summed E-state index contributed by atoms with van der Waals surface area (Å²) in [5, 5.41) is 0. The number of esters is 3. The van der Waals surface area contributed by atoms with Crippen molar-refractivity contribution < 1.29 is 28.6 Å². The number of hydrogen-bond donors (Lipinski definition) is 0. The van der Waals surface area contributed by atoms with Gasteiger partial charge >= 0.3 is 17.9 Å². The molecule has 0 aromatic heterocycles. The lowest BCUT2D eigenvalue weighted by Crippen LogP contribution is -2.30. The van der Waals surface area contributed by atoms with E-state index in [1.165, 1.54) is 186 Å². The highest BCUT2D eigenvalue weighted by molar-refractivity contribution is 5.71. The molecule has 0 aliphatic carbocycles. The third-order valence-corrected chi connectivity index (χ3v) is 15.4. The van der Waals surface area contributed by atoms with Gasteiger partial charge in [-0.2, -0.15) is 0 Å². The molecule has 81 heavy (non-hydrogen) atoms. The van der Waals surface area contributed by atoms with E-state index in [9.17, 15) is 14.4 Å². The molecule has 0 amide bonds. The molecular weight excluding hydrogens is 997 g/mol. The van der Waals surface area contributed by atoms with Crippen molar-refractivity contribution in [3.05, 3.63) is 85.1 Å². The molecule has 1 unspecified atom stereocenters. The zero-order valence-electron chi connectivity index (χ0n) is 53.8. The highest BCUT2D eigenvalue weighted by Crippen LogP contribution is 2.18. The molecule has 0 spiro atoms. The number of rotatable bonds is 64. The van der Waals surface area contributed by atoms with E-state index in [2.05, 4.69) is 106 Å². The van der Waals surface area contributed by atoms with E-state index in [1.807, 2.05) is 0 Å². The molecule has 0 saturated heterocycles. The Morgan fingerprint density at radius 1 is 0.259 bits per heavy atom. The molecule has 0 aliphatic heterocycles. The lowest BCUT2D eigenvalue weighted by molar-refractivity contribution is -0.167. The minimum absolute atomic E-state index is 0.0864. The van der Waals surface area contributed by atoms with Crippen LogP contribution in [0.1, 0.15) is 355 Å². The Hall–Kier alpha value is -3.41. The average molecular weight is 1130 g/mol. The minimum atomic E-state index is -0.794. The van der Waals surface area contributed by atoms with Gasteiger partial charge in [0, 0.05) is 19.3 Å². The number of carbonyl (C=O) groups excluding carboxylic acids is 3. The summed E-state index contributed by atoms with van der Waals surface area (Å²) in [4.78, 5) is 38.4. The minimum Gasteiger partial charge on any atom is -0.462 e. The van der Waals surface area contributed by atoms with Gasteiger partial charge in [0.2, 0.25) is 0 Å². The van der Waals surface area contributed by atoms with E-state index in [1.54, 1.807) is 0 Å². The summed E-state index contributed by atoms with van der Waals surface area (Å²) in [5.74, 6) is -0.902. The van der Waals surface area contributed by atoms with Gasteiger partial charge in [0.25, 0.3) is 0 Å². The van der Waals surface area contributed by atoms with E-state index in [0.29, 0.717) is 19.3 Å². The molecule has 0 aromatic carbocycles. The summed E-state index contributed by atoms with van der Waals surface area (Å²) in [5.41, 5.74) is 0. The van der Waals surface area contributed by atoms with E-state index in [4.69, 9.17) is 14.2 Å². The summed E-state index contributed by atoms with van der Waals surface area (Å²) in [6, 6.07) is 0. The zero-order valence-corrected chi connectivity index (χ0v) is 53.8. The Balaban J connectivity index is 4.34. The maximum atomic E-state index is 12.9. The van der Waals surface area contributed by atoms with Gasteiger partial charge in [-0.25, -0.2) is 0 Å². The molecule has 0 aromatic rings. The molecular formula is C75H132O6. The summed E-state index contributed by atoms with van der Waals surface area (Å²) >= 11 is 0. The lowest BCUT2D eigenvalue weighted by atomic mass is 10.0. The quantitative estimate of drug-likeness (QED) is 0.0261. The molecule has 0 N–H and O–H groups in total. The third-order valence-electron chi connectivity index (χ3n) is 15.4. The van der Waals surface area contributed by atoms with Crippen LogP contribution in [0.25, 0.3) is 0 Å². The van der Waals surface area contributed by atoms with Gasteiger partial charge in [0.05, 0.1) is 0 Å². The van der Waals surface area contributed by atoms with E-state index >= 15 is 0 Å². The Labute approximate surface area is 503 Å². The maximum absolute atomic E-state index is 12.9. The van der Waals surface area contributed by atoms with Crippen LogP contribution in [0, 0.1) is 0 Å². The van der Waals surface area contributed by atoms with Crippen LogP contribution in [0.15, 0.2) is 85.1 Å². The molecule has 0 radical (unpaired) electrons. The van der Waals surface area contributed by atoms with Gasteiger partial charge in [-0.15, -0.1) is 0 Å². The van der Waals surface area contributed by atoms with Crippen molar-refractivity contribution in [2.24, 2.45) is 0 Å². The third kappa shape index (κ3) is 67.3. The SMILES string of the molecule is CC/C=C\C/C=C\C/C=C\C/C=C\C/C=C\CCCCCCCC(=O)OC(COC(=O)CCCCCCC/C=C\C/C=C\CCCCCC)COC(=O)CCCCCCCCCCCCCCCCCCCCCCCCCCCC. The van der Waals surface area contributed by atoms with Crippen LogP contribution >= 0.6 is 0 Å². The van der Waals surface area contributed by atoms with Gasteiger partial charge in [-0.1, -0.05) is 324 Å². The fraction of sp³-hybridized carbons (Fsp3) is 0.773. The molecule has 1 atom stereocenters. The van der Waals surface area contributed by atoms with Crippen LogP contribution in [-0.4, -0.2) is 37.2 Å². The van der Waals surface area contributed by atoms with Crippen LogP contribution in [0.5, 0.6) is 0 Å². The van der Waals surface area contributed by atoms with Crippen molar-refractivity contribution in [2.75, 3.05) is 13.2 Å². The first kappa shape index (κ1) is 77.6. The monoisotopic (exact) mass is 1130 g/mol. The standard InChI is InChI=1S/C75H132O6/c1-4-7-10-13-16-19-22-25-28-31-33-35-36-37-38-39-41-42-44-47-50-53-56-59-62-65-68-74(77)80-71-72(70-79-73(76)67-64-61-58-55-52-49-46-30-27-24-21-18-15-12-9-6-3)81-75(78)69-66-63-60-57-54-51-48-45-43-40-34-32-29-26-23-20-17-14-11-8-5-2/h8,11,17,20-21,24,26,29-30,34,40,45-46,48,72H,4-7,9-10,12-16,18-19,22-23,25,27-28,31-33,35-39,41-44,47,49-71H2,1-3H3/b11-8-,20-17-,24-21-,29-26-,40-34-,46-30-,48-45-. The van der Waals surface area contributed by atoms with Crippen LogP contribution in [-0.2, 0) is 28.6 Å². The first-order valence-corrected chi connectivity index (χ1v) is 35.1. The van der Waals surface area contributed by atoms with Gasteiger partial charge in [0.1, 0.15) is 13.2 Å². The summed E-state index contributed by atoms with van der Waals surface area (Å²) in [6.45, 7) is 6.53. The highest BCUT2D eigenvalue weighted by Gasteiger charge is 2.19. The number of allylic oxidation sites excluding steroid dienone is 14. The summed E-state index contributed by atoms with van der Waals surface area (Å²) in [6.07, 6.45) is 91.8. The van der Waals surface area contributed by atoms with Gasteiger partial charge in [0.15, 0.2) is 6.10 Å². The van der Waals surface area contributed by atoms with Crippen LogP contribution in [0.3, 0.4) is 0 Å². The maximum Gasteiger partial charge on any atom is 0.306 e. The predicted octanol–water partition coefficient (Wildman–Crippen LogP) is 24.2. The first-order chi connectivity index (χ1) is 40.0. The van der Waals surface area contributed by atoms with Crippen molar-refractivity contribution in [1.29, 1.82) is 0 Å². The Morgan fingerprint density at radius 2 is 0.481 bits per heavy atom. The fourth-order valence-corrected chi connectivity index (χ4v) is 10.2. The lowest BCUT2D eigenvalue weighted by Gasteiger charge is -2.18. The molecule has 468 valence electrons. The van der Waals surface area contributed by atoms with Crippen molar-refractivity contribution in [3.8, 4) is 0 Å². The average Bonchev–Trinajstić information content (AvgIpc) is 3.47. The normalized spacial score (nSPS) is 12.6. The first-order valence-electron chi connectivity index (χ1n) is 35.1. The molecule has 6 heteroatoms. The molecule has 6 nitrogen and oxygen atoms in total. The molecule has 0 bridgehead atoms. The Kier molecular flexibility index (Phi) is 66.2. The number of ether oxygens (including phenoxy) is 3. The van der Waals surface area contributed by atoms with Crippen LogP contribution < -0.4 is 0 Å². The van der Waals surface area contributed by atoms with Crippen molar-refractivity contribution in [3.63, 3.8) is 0 Å². The van der Waals surface area contributed by atoms with E-state index in [-0.39, 0.29) is 31.1 Å². The molecule has 0 rings (SSSR count). The second kappa shape index (κ2) is 69.1. The highest BCUT2D eigenvalue weighted by atomic mass is 16.6. The van der Waals surface area contributed by atoms with Gasteiger partial charge < -0.3 is 14.2 Å². The second-order valence-electron chi connectivity index (χ2n) is 23.4. The van der Waals surface area contributed by atoms with Crippen LogP contribution in [0.4, 0.5) is 0 Å². The van der Waals surface area contributed by atoms with E-state index < -0.39 is 6.10 Å². The molecule has 0 saturated carbocycles. The van der Waals surface area contributed by atoms with Crippen molar-refractivity contribution in [1.82, 2.24) is 0 Å². The van der Waals surface area contributed by atoms with Crippen molar-refractivity contribution in [2.45, 2.75) is 361 Å². The molecule has 0 aliphatic rings. The summed E-state index contributed by atoms with van der Waals surface area (Å²) in [7, 11) is 0. The summed E-state index contributed by atoms with van der Waals surface area (Å²) < 4.78 is 17.0. The second-order valence-corrected chi connectivity index (χ2v) is 23.4. The number of carbonyl (C=O) groups is 3. The Morgan fingerprint density at radius 3 is 0.765 bits per heavy atom. The fourth-order valence-electron chi connectivity index (χ4n) is 10.2. The Bertz CT molecular complexity index is 1530. The van der Waals surface area contributed by atoms with E-state index in [0.717, 1.165) is 128 Å². The number of hydrogen-bond acceptors (Lipinski definition) is 6. The number of unbranched alkanes of at least 4 members (excludes halogenated alkanes) is 39. The zero-order chi connectivity index (χ0) is 58.5. The van der Waals surface area contributed by atoms with Gasteiger partial charge in [-0.05, 0) is 96.3 Å². The largest absolute Gasteiger partial charge is 0.462 e. The van der Waals surface area contributed by atoms with Gasteiger partial charge in [-0.3, -0.25) is 14.4 Å². The van der Waals surface area contributed by atoms with Crippen LogP contribution in [0.2, 0.25) is 0 Å². The molecule has 0 heterocycles. The predicted molar refractivity (Wildman–Crippen MR) is 353 cm³/mol. The topological polar surface area (TPSA) is 78.9 Å². The molecule has 0 fully saturated rings. The van der Waals surface area contributed by atoms with Crippen molar-refractivity contribution >= 4 is 17.9 Å². The smallest absolute Gasteiger partial charge is 0.306 e.